The van der Waals surface area contributed by atoms with Crippen LogP contribution in [0.5, 0.6) is 0 Å². The molecule has 18 heavy (non-hydrogen) atoms. The lowest BCUT2D eigenvalue weighted by molar-refractivity contribution is -0.125. The van der Waals surface area contributed by atoms with Crippen LogP contribution in [-0.4, -0.2) is 25.5 Å². The molecule has 2 rings (SSSR count). The maximum atomic E-state index is 11.9. The lowest BCUT2D eigenvalue weighted by atomic mass is 9.99. The summed E-state index contributed by atoms with van der Waals surface area (Å²) >= 11 is 0. The number of nitrogens with one attached hydrogen (secondary N) is 2. The average Bonchev–Trinajstić information content (AvgIpc) is 2.45. The van der Waals surface area contributed by atoms with E-state index in [4.69, 9.17) is 0 Å². The second-order valence-electron chi connectivity index (χ2n) is 4.92. The van der Waals surface area contributed by atoms with Crippen molar-refractivity contribution in [1.82, 2.24) is 10.6 Å². The standard InChI is InChI=1S/C15H22N2O/c18-15(14-9-5-10-16-12-14)17-11-4-8-13-6-2-1-3-7-13/h1-3,6-7,14,16H,4-5,8-12H2,(H,17,18). The first-order valence-corrected chi connectivity index (χ1v) is 6.88. The number of benzene rings is 1. The third-order valence-corrected chi connectivity index (χ3v) is 3.45. The minimum Gasteiger partial charge on any atom is -0.356 e. The molecule has 0 bridgehead atoms. The molecule has 0 aromatic heterocycles. The lowest BCUT2D eigenvalue weighted by Gasteiger charge is -2.21. The van der Waals surface area contributed by atoms with Crippen molar-refractivity contribution in [2.75, 3.05) is 19.6 Å². The molecule has 1 aliphatic heterocycles. The van der Waals surface area contributed by atoms with E-state index < -0.39 is 0 Å². The second-order valence-corrected chi connectivity index (χ2v) is 4.92. The summed E-state index contributed by atoms with van der Waals surface area (Å²) in [6.45, 7) is 2.67. The van der Waals surface area contributed by atoms with Crippen molar-refractivity contribution in [2.45, 2.75) is 25.7 Å². The third-order valence-electron chi connectivity index (χ3n) is 3.45. The molecular formula is C15H22N2O. The van der Waals surface area contributed by atoms with E-state index in [-0.39, 0.29) is 11.8 Å². The molecule has 1 atom stereocenters. The summed E-state index contributed by atoms with van der Waals surface area (Å²) in [4.78, 5) is 11.9. The fourth-order valence-electron chi connectivity index (χ4n) is 2.37. The van der Waals surface area contributed by atoms with Gasteiger partial charge in [-0.05, 0) is 37.8 Å². The number of piperidine rings is 1. The van der Waals surface area contributed by atoms with Crippen LogP contribution in [-0.2, 0) is 11.2 Å². The zero-order valence-corrected chi connectivity index (χ0v) is 10.8. The van der Waals surface area contributed by atoms with Crippen LogP contribution in [0.2, 0.25) is 0 Å². The Hall–Kier alpha value is -1.35. The molecule has 1 amide bonds. The first kappa shape index (κ1) is 13.1. The molecule has 1 aromatic rings. The number of carbonyl (C=O) groups excluding carboxylic acids is 1. The Bertz CT molecular complexity index is 358. The predicted molar refractivity (Wildman–Crippen MR) is 73.4 cm³/mol. The number of hydrogen-bond acceptors (Lipinski definition) is 2. The van der Waals surface area contributed by atoms with Gasteiger partial charge >= 0.3 is 0 Å². The summed E-state index contributed by atoms with van der Waals surface area (Å²) in [5, 5.41) is 6.31. The van der Waals surface area contributed by atoms with Crippen LogP contribution in [0.25, 0.3) is 0 Å². The molecular weight excluding hydrogens is 224 g/mol. The Labute approximate surface area is 109 Å². The van der Waals surface area contributed by atoms with Crippen LogP contribution in [0.1, 0.15) is 24.8 Å². The summed E-state index contributed by atoms with van der Waals surface area (Å²) in [6, 6.07) is 10.4. The van der Waals surface area contributed by atoms with Crippen molar-refractivity contribution in [1.29, 1.82) is 0 Å². The van der Waals surface area contributed by atoms with Gasteiger partial charge in [0, 0.05) is 13.1 Å². The number of carbonyl (C=O) groups is 1. The Balaban J connectivity index is 1.61. The second kappa shape index (κ2) is 7.17. The maximum absolute atomic E-state index is 11.9. The van der Waals surface area contributed by atoms with Gasteiger partial charge in [-0.15, -0.1) is 0 Å². The topological polar surface area (TPSA) is 41.1 Å². The van der Waals surface area contributed by atoms with Crippen molar-refractivity contribution in [2.24, 2.45) is 5.92 Å². The van der Waals surface area contributed by atoms with E-state index in [0.29, 0.717) is 0 Å². The average molecular weight is 246 g/mol. The van der Waals surface area contributed by atoms with E-state index >= 15 is 0 Å². The van der Waals surface area contributed by atoms with Gasteiger partial charge in [-0.2, -0.15) is 0 Å². The van der Waals surface area contributed by atoms with Gasteiger partial charge < -0.3 is 10.6 Å². The Morgan fingerprint density at radius 2 is 2.17 bits per heavy atom. The normalized spacial score (nSPS) is 19.4. The van der Waals surface area contributed by atoms with Crippen molar-refractivity contribution in [3.8, 4) is 0 Å². The van der Waals surface area contributed by atoms with E-state index in [0.717, 1.165) is 45.3 Å². The Morgan fingerprint density at radius 1 is 1.33 bits per heavy atom. The molecule has 2 N–H and O–H groups in total. The number of amides is 1. The van der Waals surface area contributed by atoms with E-state index in [1.807, 2.05) is 6.07 Å². The van der Waals surface area contributed by atoms with E-state index in [1.54, 1.807) is 0 Å². The highest BCUT2D eigenvalue weighted by Gasteiger charge is 2.19. The summed E-state index contributed by atoms with van der Waals surface area (Å²) in [7, 11) is 0. The van der Waals surface area contributed by atoms with Crippen molar-refractivity contribution < 1.29 is 4.79 Å². The van der Waals surface area contributed by atoms with Gasteiger partial charge in [0.15, 0.2) is 0 Å². The molecule has 1 aliphatic rings. The molecule has 0 radical (unpaired) electrons. The summed E-state index contributed by atoms with van der Waals surface area (Å²) in [6.07, 6.45) is 4.18. The summed E-state index contributed by atoms with van der Waals surface area (Å²) < 4.78 is 0. The minimum atomic E-state index is 0.176. The van der Waals surface area contributed by atoms with Crippen LogP contribution >= 0.6 is 0 Å². The first-order valence-electron chi connectivity index (χ1n) is 6.88. The summed E-state index contributed by atoms with van der Waals surface area (Å²) in [5.74, 6) is 0.394. The molecule has 1 fully saturated rings. The highest BCUT2D eigenvalue weighted by molar-refractivity contribution is 5.78. The molecule has 1 heterocycles. The van der Waals surface area contributed by atoms with Crippen molar-refractivity contribution in [3.63, 3.8) is 0 Å². The number of hydrogen-bond donors (Lipinski definition) is 2. The fraction of sp³-hybridized carbons (Fsp3) is 0.533. The molecule has 0 saturated carbocycles. The molecule has 3 nitrogen and oxygen atoms in total. The molecule has 1 saturated heterocycles. The predicted octanol–water partition coefficient (Wildman–Crippen LogP) is 1.74. The molecule has 0 spiro atoms. The zero-order valence-electron chi connectivity index (χ0n) is 10.8. The van der Waals surface area contributed by atoms with Crippen LogP contribution < -0.4 is 10.6 Å². The van der Waals surface area contributed by atoms with Gasteiger partial charge in [0.2, 0.25) is 5.91 Å². The summed E-state index contributed by atoms with van der Waals surface area (Å²) in [5.41, 5.74) is 1.34. The molecule has 1 aromatic carbocycles. The van der Waals surface area contributed by atoms with E-state index in [9.17, 15) is 4.79 Å². The van der Waals surface area contributed by atoms with Crippen LogP contribution in [0.3, 0.4) is 0 Å². The highest BCUT2D eigenvalue weighted by atomic mass is 16.1. The first-order chi connectivity index (χ1) is 8.86. The van der Waals surface area contributed by atoms with Gasteiger partial charge in [-0.1, -0.05) is 30.3 Å². The van der Waals surface area contributed by atoms with Gasteiger partial charge in [0.05, 0.1) is 5.92 Å². The van der Waals surface area contributed by atoms with Crippen LogP contribution in [0.4, 0.5) is 0 Å². The van der Waals surface area contributed by atoms with Crippen LogP contribution in [0, 0.1) is 5.92 Å². The zero-order chi connectivity index (χ0) is 12.6. The van der Waals surface area contributed by atoms with Gasteiger partial charge in [0.25, 0.3) is 0 Å². The molecule has 0 aliphatic carbocycles. The molecule has 3 heteroatoms. The van der Waals surface area contributed by atoms with Crippen LogP contribution in [0.15, 0.2) is 30.3 Å². The third kappa shape index (κ3) is 4.15. The quantitative estimate of drug-likeness (QED) is 0.777. The SMILES string of the molecule is O=C(NCCCc1ccccc1)C1CCCNC1. The Kier molecular flexibility index (Phi) is 5.21. The van der Waals surface area contributed by atoms with Gasteiger partial charge in [-0.25, -0.2) is 0 Å². The number of rotatable bonds is 5. The highest BCUT2D eigenvalue weighted by Crippen LogP contribution is 2.09. The minimum absolute atomic E-state index is 0.176. The maximum Gasteiger partial charge on any atom is 0.224 e. The Morgan fingerprint density at radius 3 is 2.89 bits per heavy atom. The largest absolute Gasteiger partial charge is 0.356 e. The van der Waals surface area contributed by atoms with E-state index in [1.165, 1.54) is 5.56 Å². The van der Waals surface area contributed by atoms with Gasteiger partial charge in [-0.3, -0.25) is 4.79 Å². The fourth-order valence-corrected chi connectivity index (χ4v) is 2.37. The van der Waals surface area contributed by atoms with E-state index in [2.05, 4.69) is 34.9 Å². The number of aryl methyl sites for hydroxylation is 1. The lowest BCUT2D eigenvalue weighted by Crippen LogP contribution is -2.40. The molecule has 1 unspecified atom stereocenters. The van der Waals surface area contributed by atoms with Crippen molar-refractivity contribution >= 4 is 5.91 Å². The van der Waals surface area contributed by atoms with Gasteiger partial charge in [0.1, 0.15) is 0 Å². The smallest absolute Gasteiger partial charge is 0.224 e. The monoisotopic (exact) mass is 246 g/mol. The molecule has 98 valence electrons. The van der Waals surface area contributed by atoms with Crippen molar-refractivity contribution in [3.05, 3.63) is 35.9 Å².